The molecule has 0 N–H and O–H groups in total. The number of halogens is 1. The van der Waals surface area contributed by atoms with Crippen LogP contribution in [0.3, 0.4) is 0 Å². The molecule has 0 aliphatic carbocycles. The molecule has 0 saturated heterocycles. The van der Waals surface area contributed by atoms with Crippen molar-refractivity contribution in [3.05, 3.63) is 17.3 Å². The maximum Gasteiger partial charge on any atom is 0.292 e. The smallest absolute Gasteiger partial charge is 0.292 e. The van der Waals surface area contributed by atoms with Crippen LogP contribution in [0.25, 0.3) is 0 Å². The van der Waals surface area contributed by atoms with Crippen LogP contribution in [0.5, 0.6) is 0 Å². The van der Waals surface area contributed by atoms with Gasteiger partial charge < -0.3 is 4.42 Å². The first-order valence-electron chi connectivity index (χ1n) is 2.81. The Labute approximate surface area is 58.8 Å². The van der Waals surface area contributed by atoms with E-state index in [9.17, 15) is 0 Å². The number of hydrogen-bond acceptors (Lipinski definition) is 2. The van der Waals surface area contributed by atoms with E-state index >= 15 is 0 Å². The fourth-order valence-corrected chi connectivity index (χ4v) is 0.671. The van der Waals surface area contributed by atoms with Crippen molar-refractivity contribution < 1.29 is 4.42 Å². The summed E-state index contributed by atoms with van der Waals surface area (Å²) in [7, 11) is 0. The molecule has 2 nitrogen and oxygen atoms in total. The Balaban J connectivity index is 2.85. The lowest BCUT2D eigenvalue weighted by Gasteiger charge is -1.92. The second-order valence-electron chi connectivity index (χ2n) is 2.18. The third-order valence-electron chi connectivity index (χ3n) is 1.09. The number of rotatable bonds is 1. The molecule has 1 heterocycles. The molecule has 0 spiro atoms. The van der Waals surface area contributed by atoms with E-state index in [0.29, 0.717) is 5.92 Å². The largest absolute Gasteiger partial charge is 0.436 e. The maximum atomic E-state index is 5.43. The minimum absolute atomic E-state index is 0.221. The Kier molecular flexibility index (Phi) is 1.76. The predicted octanol–water partition coefficient (Wildman–Crippen LogP) is 2.45. The molecule has 0 unspecified atom stereocenters. The highest BCUT2D eigenvalue weighted by molar-refractivity contribution is 6.27. The number of oxazole rings is 1. The number of aromatic nitrogens is 1. The highest BCUT2D eigenvalue weighted by Gasteiger charge is 2.03. The summed E-state index contributed by atoms with van der Waals surface area (Å²) in [5, 5.41) is 0.221. The van der Waals surface area contributed by atoms with Gasteiger partial charge in [-0.25, -0.2) is 4.98 Å². The van der Waals surface area contributed by atoms with Crippen molar-refractivity contribution in [3.8, 4) is 0 Å². The molecular formula is C6H8ClNO. The molecule has 3 heteroatoms. The zero-order valence-corrected chi connectivity index (χ0v) is 6.14. The van der Waals surface area contributed by atoms with Crippen molar-refractivity contribution in [1.29, 1.82) is 0 Å². The molecule has 0 amide bonds. The van der Waals surface area contributed by atoms with Crippen molar-refractivity contribution in [2.45, 2.75) is 19.8 Å². The van der Waals surface area contributed by atoms with E-state index in [1.165, 1.54) is 0 Å². The Morgan fingerprint density at radius 2 is 2.33 bits per heavy atom. The lowest BCUT2D eigenvalue weighted by atomic mass is 10.2. The van der Waals surface area contributed by atoms with E-state index in [1.807, 2.05) is 13.8 Å². The van der Waals surface area contributed by atoms with Gasteiger partial charge in [-0.15, -0.1) is 0 Å². The summed E-state index contributed by atoms with van der Waals surface area (Å²) in [4.78, 5) is 3.91. The van der Waals surface area contributed by atoms with Crippen LogP contribution in [0.4, 0.5) is 0 Å². The van der Waals surface area contributed by atoms with Crippen LogP contribution in [-0.4, -0.2) is 4.98 Å². The predicted molar refractivity (Wildman–Crippen MR) is 35.6 cm³/mol. The van der Waals surface area contributed by atoms with Crippen LogP contribution in [0.1, 0.15) is 25.5 Å². The summed E-state index contributed by atoms with van der Waals surface area (Å²) in [6, 6.07) is 0. The average Bonchev–Trinajstić information content (AvgIpc) is 2.14. The van der Waals surface area contributed by atoms with Gasteiger partial charge in [0, 0.05) is 0 Å². The molecule has 0 saturated carbocycles. The van der Waals surface area contributed by atoms with Gasteiger partial charge >= 0.3 is 0 Å². The van der Waals surface area contributed by atoms with Crippen LogP contribution in [0.15, 0.2) is 10.7 Å². The van der Waals surface area contributed by atoms with E-state index in [4.69, 9.17) is 16.0 Å². The van der Waals surface area contributed by atoms with Crippen LogP contribution in [0, 0.1) is 0 Å². The van der Waals surface area contributed by atoms with Gasteiger partial charge in [0.2, 0.25) is 0 Å². The third kappa shape index (κ3) is 1.45. The Morgan fingerprint density at radius 1 is 1.67 bits per heavy atom. The molecule has 0 radical (unpaired) electrons. The SMILES string of the molecule is CC(C)c1coc(Cl)n1. The molecule has 0 atom stereocenters. The van der Waals surface area contributed by atoms with E-state index in [-0.39, 0.29) is 5.35 Å². The van der Waals surface area contributed by atoms with Crippen molar-refractivity contribution >= 4 is 11.6 Å². The van der Waals surface area contributed by atoms with Gasteiger partial charge in [0.25, 0.3) is 5.35 Å². The molecule has 0 aromatic carbocycles. The standard InChI is InChI=1S/C6H8ClNO/c1-4(2)5-3-9-6(7)8-5/h3-4H,1-2H3. The lowest BCUT2D eigenvalue weighted by Crippen LogP contribution is -1.84. The molecule has 1 aromatic heterocycles. The van der Waals surface area contributed by atoms with E-state index < -0.39 is 0 Å². The maximum absolute atomic E-state index is 5.43. The number of nitrogens with zero attached hydrogens (tertiary/aromatic N) is 1. The zero-order chi connectivity index (χ0) is 6.85. The van der Waals surface area contributed by atoms with Crippen LogP contribution in [-0.2, 0) is 0 Å². The molecule has 0 aliphatic heterocycles. The Morgan fingerprint density at radius 3 is 2.56 bits per heavy atom. The molecule has 1 rings (SSSR count). The van der Waals surface area contributed by atoms with E-state index in [1.54, 1.807) is 6.26 Å². The van der Waals surface area contributed by atoms with Gasteiger partial charge in [-0.3, -0.25) is 0 Å². The Hall–Kier alpha value is -0.500. The molecule has 0 fully saturated rings. The first-order chi connectivity index (χ1) is 4.20. The topological polar surface area (TPSA) is 26.0 Å². The third-order valence-corrected chi connectivity index (χ3v) is 1.26. The van der Waals surface area contributed by atoms with Crippen molar-refractivity contribution in [2.24, 2.45) is 0 Å². The fraction of sp³-hybridized carbons (Fsp3) is 0.500. The minimum atomic E-state index is 0.221. The second kappa shape index (κ2) is 2.40. The zero-order valence-electron chi connectivity index (χ0n) is 5.39. The first-order valence-corrected chi connectivity index (χ1v) is 3.19. The van der Waals surface area contributed by atoms with E-state index in [2.05, 4.69) is 4.98 Å². The summed E-state index contributed by atoms with van der Waals surface area (Å²) in [5.41, 5.74) is 0.903. The van der Waals surface area contributed by atoms with Crippen LogP contribution >= 0.6 is 11.6 Å². The summed E-state index contributed by atoms with van der Waals surface area (Å²) < 4.78 is 4.78. The highest BCUT2D eigenvalue weighted by Crippen LogP contribution is 2.15. The van der Waals surface area contributed by atoms with Crippen molar-refractivity contribution in [2.75, 3.05) is 0 Å². The summed E-state index contributed by atoms with van der Waals surface area (Å²) in [5.74, 6) is 0.390. The molecule has 0 bridgehead atoms. The summed E-state index contributed by atoms with van der Waals surface area (Å²) in [6.07, 6.45) is 1.58. The lowest BCUT2D eigenvalue weighted by molar-refractivity contribution is 0.557. The molecule has 9 heavy (non-hydrogen) atoms. The fourth-order valence-electron chi connectivity index (χ4n) is 0.528. The molecule has 0 aliphatic rings. The van der Waals surface area contributed by atoms with Gasteiger partial charge in [-0.05, 0) is 17.5 Å². The normalized spacial score (nSPS) is 10.7. The van der Waals surface area contributed by atoms with E-state index in [0.717, 1.165) is 5.69 Å². The van der Waals surface area contributed by atoms with Crippen molar-refractivity contribution in [3.63, 3.8) is 0 Å². The van der Waals surface area contributed by atoms with Gasteiger partial charge in [0.15, 0.2) is 0 Å². The average molecular weight is 146 g/mol. The number of hydrogen-bond donors (Lipinski definition) is 0. The molecule has 1 aromatic rings. The van der Waals surface area contributed by atoms with Gasteiger partial charge in [-0.2, -0.15) is 0 Å². The summed E-state index contributed by atoms with van der Waals surface area (Å²) in [6.45, 7) is 4.07. The first kappa shape index (κ1) is 6.62. The molecular weight excluding hydrogens is 138 g/mol. The summed E-state index contributed by atoms with van der Waals surface area (Å²) >= 11 is 5.43. The van der Waals surface area contributed by atoms with Gasteiger partial charge in [0.05, 0.1) is 5.69 Å². The minimum Gasteiger partial charge on any atom is -0.436 e. The molecule has 50 valence electrons. The van der Waals surface area contributed by atoms with Crippen LogP contribution in [0.2, 0.25) is 5.35 Å². The highest BCUT2D eigenvalue weighted by atomic mass is 35.5. The van der Waals surface area contributed by atoms with Gasteiger partial charge in [-0.1, -0.05) is 13.8 Å². The van der Waals surface area contributed by atoms with Gasteiger partial charge in [0.1, 0.15) is 6.26 Å². The van der Waals surface area contributed by atoms with Crippen LogP contribution < -0.4 is 0 Å². The second-order valence-corrected chi connectivity index (χ2v) is 2.50. The Bertz CT molecular complexity index is 195. The quantitative estimate of drug-likeness (QED) is 0.607. The monoisotopic (exact) mass is 145 g/mol. The van der Waals surface area contributed by atoms with Crippen molar-refractivity contribution in [1.82, 2.24) is 4.98 Å².